The van der Waals surface area contributed by atoms with Crippen LogP contribution in [0.15, 0.2) is 35.2 Å². The van der Waals surface area contributed by atoms with Crippen molar-refractivity contribution in [2.24, 2.45) is 0 Å². The maximum atomic E-state index is 11.5. The van der Waals surface area contributed by atoms with Crippen molar-refractivity contribution in [2.45, 2.75) is 77.5 Å². The van der Waals surface area contributed by atoms with E-state index in [2.05, 4.69) is 26.0 Å². The van der Waals surface area contributed by atoms with Crippen molar-refractivity contribution < 1.29 is 9.11 Å². The molecule has 0 aromatic heterocycles. The summed E-state index contributed by atoms with van der Waals surface area (Å²) in [6, 6.07) is 9.44. The molecule has 0 radical (unpaired) electrons. The topological polar surface area (TPSA) is 52.4 Å². The van der Waals surface area contributed by atoms with Gasteiger partial charge in [0.1, 0.15) is 0 Å². The number of hydrogen-bond donors (Lipinski definition) is 0. The first-order valence-electron chi connectivity index (χ1n) is 10.1. The van der Waals surface area contributed by atoms with Gasteiger partial charge in [-0.05, 0) is 44.7 Å². The lowest BCUT2D eigenvalue weighted by molar-refractivity contribution is -0.385. The van der Waals surface area contributed by atoms with Crippen LogP contribution in [0.2, 0.25) is 0 Å². The van der Waals surface area contributed by atoms with Gasteiger partial charge < -0.3 is 4.18 Å². The number of nitro benzene ring substituents is 1. The molecule has 152 valence electrons. The van der Waals surface area contributed by atoms with Gasteiger partial charge in [0.25, 0.3) is 0 Å². The van der Waals surface area contributed by atoms with E-state index in [9.17, 15) is 10.1 Å². The smallest absolute Gasteiger partial charge is 0.312 e. The van der Waals surface area contributed by atoms with Gasteiger partial charge in [0.15, 0.2) is 0 Å². The Hall–Kier alpha value is -2.01. The third kappa shape index (κ3) is 6.26. The van der Waals surface area contributed by atoms with E-state index < -0.39 is 0 Å². The van der Waals surface area contributed by atoms with Crippen molar-refractivity contribution in [1.29, 1.82) is 0 Å². The zero-order valence-corrected chi connectivity index (χ0v) is 18.2. The highest BCUT2D eigenvalue weighted by Gasteiger charge is 2.20. The summed E-state index contributed by atoms with van der Waals surface area (Å²) in [6.07, 6.45) is 7.95. The van der Waals surface area contributed by atoms with Gasteiger partial charge in [0, 0.05) is 11.6 Å². The minimum atomic E-state index is -0.352. The molecule has 2 rings (SSSR count). The molecular weight excluding hydrogens is 370 g/mol. The molecule has 0 N–H and O–H groups in total. The molecule has 0 saturated carbocycles. The highest BCUT2D eigenvalue weighted by Crippen LogP contribution is 2.38. The van der Waals surface area contributed by atoms with Crippen LogP contribution < -0.4 is 4.18 Å². The van der Waals surface area contributed by atoms with E-state index in [4.69, 9.17) is 4.18 Å². The van der Waals surface area contributed by atoms with E-state index in [1.54, 1.807) is 6.07 Å². The zero-order valence-electron chi connectivity index (χ0n) is 17.4. The Balaban J connectivity index is 2.14. The Bertz CT molecular complexity index is 781. The molecule has 0 unspecified atom stereocenters. The van der Waals surface area contributed by atoms with Crippen LogP contribution in [0.25, 0.3) is 0 Å². The molecule has 0 bridgehead atoms. The zero-order chi connectivity index (χ0) is 20.5. The Morgan fingerprint density at radius 3 is 2.29 bits per heavy atom. The second-order valence-electron chi connectivity index (χ2n) is 7.43. The number of aryl methyl sites for hydroxylation is 4. The molecule has 0 spiro atoms. The Morgan fingerprint density at radius 1 is 1.00 bits per heavy atom. The summed E-state index contributed by atoms with van der Waals surface area (Å²) in [6.45, 7) is 8.36. The molecule has 0 amide bonds. The molecule has 2 aromatic carbocycles. The monoisotopic (exact) mass is 401 g/mol. The van der Waals surface area contributed by atoms with Gasteiger partial charge in [-0.2, -0.15) is 0 Å². The van der Waals surface area contributed by atoms with E-state index in [1.807, 2.05) is 19.9 Å². The number of unbranched alkanes of at least 4 members (excludes halogenated alkanes) is 5. The second-order valence-corrected chi connectivity index (χ2v) is 8.18. The van der Waals surface area contributed by atoms with Crippen LogP contribution in [0, 0.1) is 30.9 Å². The summed E-state index contributed by atoms with van der Waals surface area (Å²) in [7, 11) is 0. The van der Waals surface area contributed by atoms with Gasteiger partial charge >= 0.3 is 5.69 Å². The number of benzene rings is 2. The normalized spacial score (nSPS) is 10.9. The largest absolute Gasteiger partial charge is 0.413 e. The van der Waals surface area contributed by atoms with E-state index in [-0.39, 0.29) is 10.6 Å². The van der Waals surface area contributed by atoms with E-state index in [0.717, 1.165) is 40.8 Å². The van der Waals surface area contributed by atoms with Gasteiger partial charge in [-0.25, -0.2) is 0 Å². The van der Waals surface area contributed by atoms with Crippen LogP contribution in [0.3, 0.4) is 0 Å². The van der Waals surface area contributed by atoms with E-state index in [1.165, 1.54) is 49.4 Å². The highest BCUT2D eigenvalue weighted by atomic mass is 32.2. The number of hydrogen-bond acceptors (Lipinski definition) is 4. The van der Waals surface area contributed by atoms with Gasteiger partial charge in [-0.15, -0.1) is 0 Å². The summed E-state index contributed by atoms with van der Waals surface area (Å²) >= 11 is 1.23. The first-order valence-corrected chi connectivity index (χ1v) is 10.9. The number of nitrogens with zero attached hydrogens (tertiary/aromatic N) is 1. The fourth-order valence-corrected chi connectivity index (χ4v) is 4.23. The predicted molar refractivity (Wildman–Crippen MR) is 117 cm³/mol. The van der Waals surface area contributed by atoms with Crippen LogP contribution >= 0.6 is 12.0 Å². The molecule has 0 saturated heterocycles. The van der Waals surface area contributed by atoms with Crippen molar-refractivity contribution in [1.82, 2.24) is 0 Å². The summed E-state index contributed by atoms with van der Waals surface area (Å²) in [5.74, 6) is 0.394. The van der Waals surface area contributed by atoms with Crippen molar-refractivity contribution >= 4 is 17.7 Å². The SMILES string of the molecule is CCCCCCCCc1cccc([N+](=O)[O-])c1OSc1c(C)cc(C)cc1C. The van der Waals surface area contributed by atoms with Crippen molar-refractivity contribution in [3.05, 3.63) is 62.7 Å². The molecular formula is C23H31NO3S. The minimum absolute atomic E-state index is 0.0402. The standard InChI is InChI=1S/C23H31NO3S/c1-5-6-7-8-9-10-12-20-13-11-14-21(24(25)26)22(20)27-28-23-18(3)15-17(2)16-19(23)4/h11,13-16H,5-10,12H2,1-4H3. The first-order chi connectivity index (χ1) is 13.4. The molecule has 0 fully saturated rings. The third-order valence-electron chi connectivity index (χ3n) is 4.89. The van der Waals surface area contributed by atoms with Crippen LogP contribution in [0.4, 0.5) is 5.69 Å². The highest BCUT2D eigenvalue weighted by molar-refractivity contribution is 7.95. The Kier molecular flexibility index (Phi) is 8.84. The Labute approximate surface area is 173 Å². The summed E-state index contributed by atoms with van der Waals surface area (Å²) in [5, 5.41) is 11.5. The number of para-hydroxylation sites is 1. The van der Waals surface area contributed by atoms with E-state index in [0.29, 0.717) is 5.75 Å². The summed E-state index contributed by atoms with van der Waals surface area (Å²) in [4.78, 5) is 12.2. The molecule has 4 nitrogen and oxygen atoms in total. The molecule has 0 heterocycles. The van der Waals surface area contributed by atoms with Crippen molar-refractivity contribution in [3.63, 3.8) is 0 Å². The maximum Gasteiger partial charge on any atom is 0.312 e. The number of rotatable bonds is 11. The van der Waals surface area contributed by atoms with Crippen molar-refractivity contribution in [3.8, 4) is 5.75 Å². The van der Waals surface area contributed by atoms with Crippen LogP contribution in [0.5, 0.6) is 5.75 Å². The summed E-state index contributed by atoms with van der Waals surface area (Å²) in [5.41, 5.74) is 4.41. The fourth-order valence-electron chi connectivity index (χ4n) is 3.49. The lowest BCUT2D eigenvalue weighted by Gasteiger charge is -2.13. The van der Waals surface area contributed by atoms with Crippen molar-refractivity contribution in [2.75, 3.05) is 0 Å². The average molecular weight is 402 g/mol. The fraction of sp³-hybridized carbons (Fsp3) is 0.478. The van der Waals surface area contributed by atoms with Crippen LogP contribution in [-0.2, 0) is 6.42 Å². The average Bonchev–Trinajstić information content (AvgIpc) is 2.64. The van der Waals surface area contributed by atoms with Gasteiger partial charge in [-0.1, -0.05) is 68.9 Å². The van der Waals surface area contributed by atoms with Crippen LogP contribution in [-0.4, -0.2) is 4.92 Å². The molecule has 5 heteroatoms. The lowest BCUT2D eigenvalue weighted by atomic mass is 10.0. The molecule has 28 heavy (non-hydrogen) atoms. The quantitative estimate of drug-likeness (QED) is 0.169. The first kappa shape index (κ1) is 22.3. The molecule has 0 atom stereocenters. The van der Waals surface area contributed by atoms with Gasteiger partial charge in [0.2, 0.25) is 5.75 Å². The third-order valence-corrected chi connectivity index (χ3v) is 5.95. The van der Waals surface area contributed by atoms with Gasteiger partial charge in [0.05, 0.1) is 21.9 Å². The maximum absolute atomic E-state index is 11.5. The molecule has 2 aromatic rings. The predicted octanol–water partition coefficient (Wildman–Crippen LogP) is 7.51. The minimum Gasteiger partial charge on any atom is -0.413 e. The number of nitro groups is 1. The lowest BCUT2D eigenvalue weighted by Crippen LogP contribution is -1.99. The van der Waals surface area contributed by atoms with E-state index >= 15 is 0 Å². The second kappa shape index (κ2) is 11.1. The van der Waals surface area contributed by atoms with Gasteiger partial charge in [-0.3, -0.25) is 10.1 Å². The molecule has 0 aliphatic carbocycles. The van der Waals surface area contributed by atoms with Crippen LogP contribution in [0.1, 0.15) is 67.7 Å². The summed E-state index contributed by atoms with van der Waals surface area (Å²) < 4.78 is 5.99. The molecule has 0 aliphatic heterocycles. The Morgan fingerprint density at radius 2 is 1.64 bits per heavy atom. The molecule has 0 aliphatic rings.